The van der Waals surface area contributed by atoms with Crippen molar-refractivity contribution in [1.82, 2.24) is 25.6 Å². The van der Waals surface area contributed by atoms with Crippen molar-refractivity contribution in [3.63, 3.8) is 0 Å². The summed E-state index contributed by atoms with van der Waals surface area (Å²) in [5.41, 5.74) is 1.02. The predicted octanol–water partition coefficient (Wildman–Crippen LogP) is 1.30. The van der Waals surface area contributed by atoms with Crippen LogP contribution in [0.2, 0.25) is 0 Å². The zero-order valence-corrected chi connectivity index (χ0v) is 14.6. The first kappa shape index (κ1) is 19.6. The summed E-state index contributed by atoms with van der Waals surface area (Å²) in [4.78, 5) is 23.9. The Kier molecular flexibility index (Phi) is 6.09. The Bertz CT molecular complexity index is 815. The molecule has 2 aliphatic rings. The average Bonchev–Trinajstić information content (AvgIpc) is 2.65. The molecule has 0 radical (unpaired) electrons. The number of rotatable bonds is 2. The predicted molar refractivity (Wildman–Crippen MR) is 94.8 cm³/mol. The molecule has 9 nitrogen and oxygen atoms in total. The van der Waals surface area contributed by atoms with Crippen LogP contribution < -0.4 is 26.0 Å². The minimum Gasteiger partial charge on any atom is -0.454 e. The largest absolute Gasteiger partial charge is 0.454 e. The second-order valence-electron chi connectivity index (χ2n) is 5.80. The van der Waals surface area contributed by atoms with Crippen molar-refractivity contribution < 1.29 is 22.7 Å². The molecule has 150 valence electrons. The Morgan fingerprint density at radius 2 is 1.61 bits per heavy atom. The normalized spacial score (nSPS) is 15.3. The van der Waals surface area contributed by atoms with Gasteiger partial charge < -0.3 is 26.0 Å². The first-order valence-electron chi connectivity index (χ1n) is 8.44. The van der Waals surface area contributed by atoms with E-state index in [4.69, 9.17) is 0 Å². The van der Waals surface area contributed by atoms with Crippen molar-refractivity contribution in [3.05, 3.63) is 29.8 Å². The third-order valence-electron chi connectivity index (χ3n) is 3.56. The third kappa shape index (κ3) is 5.94. The highest BCUT2D eigenvalue weighted by Crippen LogP contribution is 2.20. The zero-order valence-electron chi connectivity index (χ0n) is 14.6. The molecule has 1 aromatic heterocycles. The lowest BCUT2D eigenvalue weighted by Gasteiger charge is -2.13. The van der Waals surface area contributed by atoms with Crippen LogP contribution in [0.15, 0.2) is 24.3 Å². The van der Waals surface area contributed by atoms with Gasteiger partial charge in [-0.3, -0.25) is 4.79 Å². The number of carbonyl (C=O) groups excluding carboxylic acids is 1. The lowest BCUT2D eigenvalue weighted by molar-refractivity contribution is -0.154. The molecule has 28 heavy (non-hydrogen) atoms. The number of hydrogen-bond donors (Lipinski definition) is 4. The molecule has 4 bridgehead atoms. The molecule has 0 aliphatic carbocycles. The molecule has 0 spiro atoms. The molecule has 4 rings (SSSR count). The van der Waals surface area contributed by atoms with Crippen LogP contribution in [0.4, 0.5) is 30.8 Å². The van der Waals surface area contributed by atoms with Crippen LogP contribution in [0.5, 0.6) is 6.01 Å². The van der Waals surface area contributed by atoms with E-state index in [2.05, 4.69) is 41.0 Å². The number of hydrogen-bond acceptors (Lipinski definition) is 8. The molecule has 2 aromatic rings. The van der Waals surface area contributed by atoms with Crippen molar-refractivity contribution in [2.24, 2.45) is 0 Å². The van der Waals surface area contributed by atoms with Gasteiger partial charge in [-0.05, 0) is 24.3 Å². The van der Waals surface area contributed by atoms with Crippen molar-refractivity contribution in [2.75, 3.05) is 43.4 Å². The highest BCUT2D eigenvalue weighted by molar-refractivity contribution is 5.94. The number of anilines is 3. The van der Waals surface area contributed by atoms with Gasteiger partial charge >= 0.3 is 12.2 Å². The lowest BCUT2D eigenvalue weighted by Crippen LogP contribution is -2.33. The highest BCUT2D eigenvalue weighted by Gasteiger charge is 2.29. The number of ether oxygens (including phenoxy) is 1. The van der Waals surface area contributed by atoms with Gasteiger partial charge in [-0.1, -0.05) is 0 Å². The summed E-state index contributed by atoms with van der Waals surface area (Å²) in [7, 11) is 0. The second kappa shape index (κ2) is 8.69. The van der Waals surface area contributed by atoms with Gasteiger partial charge in [0.1, 0.15) is 0 Å². The van der Waals surface area contributed by atoms with Crippen LogP contribution in [-0.4, -0.2) is 59.8 Å². The fourth-order valence-corrected chi connectivity index (χ4v) is 2.29. The molecule has 3 heterocycles. The van der Waals surface area contributed by atoms with Gasteiger partial charge in [0, 0.05) is 37.4 Å². The number of amides is 1. The van der Waals surface area contributed by atoms with Crippen molar-refractivity contribution in [1.29, 1.82) is 0 Å². The van der Waals surface area contributed by atoms with Gasteiger partial charge in [-0.2, -0.15) is 28.1 Å². The maximum absolute atomic E-state index is 12.4. The molecule has 1 amide bonds. The molecular weight excluding hydrogens is 379 g/mol. The van der Waals surface area contributed by atoms with Crippen LogP contribution in [0, 0.1) is 0 Å². The SMILES string of the molecule is O=C1NCCNCCNc2nc(nc(OCC(F)(F)F)n2)Nc2ccc1cc2. The summed E-state index contributed by atoms with van der Waals surface area (Å²) >= 11 is 0. The second-order valence-corrected chi connectivity index (χ2v) is 5.80. The number of halogens is 3. The van der Waals surface area contributed by atoms with E-state index in [1.807, 2.05) is 0 Å². The molecule has 0 saturated heterocycles. The number of nitrogens with zero attached hydrogens (tertiary/aromatic N) is 3. The van der Waals surface area contributed by atoms with E-state index in [-0.39, 0.29) is 17.8 Å². The number of nitrogens with one attached hydrogen (secondary N) is 4. The Labute approximate surface area is 158 Å². The van der Waals surface area contributed by atoms with Crippen molar-refractivity contribution >= 4 is 23.5 Å². The zero-order chi connectivity index (χ0) is 20.0. The van der Waals surface area contributed by atoms with Crippen LogP contribution in [0.25, 0.3) is 0 Å². The molecule has 0 saturated carbocycles. The lowest BCUT2D eigenvalue weighted by atomic mass is 10.2. The summed E-state index contributed by atoms with van der Waals surface area (Å²) in [6.45, 7) is 0.418. The van der Waals surface area contributed by atoms with E-state index < -0.39 is 18.8 Å². The first-order valence-corrected chi connectivity index (χ1v) is 8.44. The van der Waals surface area contributed by atoms with E-state index in [0.717, 1.165) is 0 Å². The molecule has 2 aliphatic heterocycles. The molecular formula is C16H18F3N7O2. The van der Waals surface area contributed by atoms with E-state index in [9.17, 15) is 18.0 Å². The molecule has 0 atom stereocenters. The summed E-state index contributed by atoms with van der Waals surface area (Å²) < 4.78 is 41.9. The third-order valence-corrected chi connectivity index (χ3v) is 3.56. The highest BCUT2D eigenvalue weighted by atomic mass is 19.4. The number of benzene rings is 1. The van der Waals surface area contributed by atoms with Crippen LogP contribution >= 0.6 is 0 Å². The molecule has 12 heteroatoms. The molecule has 1 aromatic carbocycles. The van der Waals surface area contributed by atoms with Gasteiger partial charge in [-0.25, -0.2) is 0 Å². The van der Waals surface area contributed by atoms with Gasteiger partial charge in [0.2, 0.25) is 11.9 Å². The number of fused-ring (bicyclic) bond motifs is 9. The number of aromatic nitrogens is 3. The monoisotopic (exact) mass is 397 g/mol. The maximum Gasteiger partial charge on any atom is 0.422 e. The Hall–Kier alpha value is -3.15. The Morgan fingerprint density at radius 1 is 0.929 bits per heavy atom. The maximum atomic E-state index is 12.4. The summed E-state index contributed by atoms with van der Waals surface area (Å²) in [6.07, 6.45) is -4.51. The van der Waals surface area contributed by atoms with Crippen molar-refractivity contribution in [3.8, 4) is 6.01 Å². The van der Waals surface area contributed by atoms with Crippen LogP contribution in [-0.2, 0) is 0 Å². The average molecular weight is 397 g/mol. The quantitative estimate of drug-likeness (QED) is 0.561. The fourth-order valence-electron chi connectivity index (χ4n) is 2.29. The van der Waals surface area contributed by atoms with Gasteiger partial charge in [0.25, 0.3) is 5.91 Å². The van der Waals surface area contributed by atoms with Crippen molar-refractivity contribution in [2.45, 2.75) is 6.18 Å². The summed E-state index contributed by atoms with van der Waals surface area (Å²) in [5.74, 6) is -0.121. The minimum atomic E-state index is -4.51. The summed E-state index contributed by atoms with van der Waals surface area (Å²) in [6, 6.07) is 6.03. The first-order chi connectivity index (χ1) is 13.4. The van der Waals surface area contributed by atoms with Crippen LogP contribution in [0.1, 0.15) is 10.4 Å². The Balaban J connectivity index is 1.84. The van der Waals surface area contributed by atoms with E-state index in [1.54, 1.807) is 24.3 Å². The fraction of sp³-hybridized carbons (Fsp3) is 0.375. The van der Waals surface area contributed by atoms with Gasteiger partial charge in [0.15, 0.2) is 6.61 Å². The number of alkyl halides is 3. The molecule has 0 fully saturated rings. The number of carbonyl (C=O) groups is 1. The van der Waals surface area contributed by atoms with E-state index in [1.165, 1.54) is 0 Å². The molecule has 4 N–H and O–H groups in total. The standard InChI is InChI=1S/C16H18F3N7O2/c17-16(18,19)9-28-15-25-13-22-8-6-20-5-7-21-12(27)10-1-3-11(4-2-10)23-14(24-13)26-15/h1-4,20H,5-9H2,(H,21,27)(H2,22,23,24,25,26). The Morgan fingerprint density at radius 3 is 2.32 bits per heavy atom. The van der Waals surface area contributed by atoms with E-state index in [0.29, 0.717) is 37.4 Å². The smallest absolute Gasteiger partial charge is 0.422 e. The van der Waals surface area contributed by atoms with E-state index >= 15 is 0 Å². The molecule has 0 unspecified atom stereocenters. The minimum absolute atomic E-state index is 0.00642. The van der Waals surface area contributed by atoms with Gasteiger partial charge in [-0.15, -0.1) is 0 Å². The summed E-state index contributed by atoms with van der Waals surface area (Å²) in [5, 5.41) is 11.7. The topological polar surface area (TPSA) is 113 Å². The van der Waals surface area contributed by atoms with Gasteiger partial charge in [0.05, 0.1) is 0 Å². The van der Waals surface area contributed by atoms with Crippen LogP contribution in [0.3, 0.4) is 0 Å².